The minimum atomic E-state index is 0.526. The van der Waals surface area contributed by atoms with Crippen LogP contribution in [0.2, 0.25) is 0 Å². The highest BCUT2D eigenvalue weighted by atomic mass is 14.9. The number of hydrogen-bond acceptors (Lipinski definition) is 1. The second kappa shape index (κ2) is 4.68. The second-order valence-corrected chi connectivity index (χ2v) is 7.24. The van der Waals surface area contributed by atoms with E-state index in [1.54, 1.807) is 0 Å². The van der Waals surface area contributed by atoms with Crippen LogP contribution >= 0.6 is 0 Å². The topological polar surface area (TPSA) is 12.0 Å². The lowest BCUT2D eigenvalue weighted by Gasteiger charge is -2.37. The summed E-state index contributed by atoms with van der Waals surface area (Å²) in [5.74, 6) is 0.960. The van der Waals surface area contributed by atoms with Crippen molar-refractivity contribution in [2.24, 2.45) is 16.7 Å². The van der Waals surface area contributed by atoms with Gasteiger partial charge in [-0.05, 0) is 68.4 Å². The molecule has 2 aliphatic rings. The first-order chi connectivity index (χ1) is 7.52. The van der Waals surface area contributed by atoms with Crippen LogP contribution in [-0.4, -0.2) is 13.1 Å². The van der Waals surface area contributed by atoms with Crippen molar-refractivity contribution in [3.8, 4) is 0 Å². The number of nitrogens with one attached hydrogen (secondary N) is 1. The molecule has 16 heavy (non-hydrogen) atoms. The highest BCUT2D eigenvalue weighted by Gasteiger charge is 2.36. The van der Waals surface area contributed by atoms with Gasteiger partial charge in [0.1, 0.15) is 0 Å². The molecule has 1 nitrogen and oxygen atoms in total. The predicted molar refractivity (Wildman–Crippen MR) is 70.6 cm³/mol. The molecule has 1 N–H and O–H groups in total. The van der Waals surface area contributed by atoms with Crippen molar-refractivity contribution < 1.29 is 0 Å². The summed E-state index contributed by atoms with van der Waals surface area (Å²) in [7, 11) is 0. The molecule has 2 rings (SSSR count). The normalized spacial score (nSPS) is 31.3. The van der Waals surface area contributed by atoms with E-state index in [0.717, 1.165) is 11.3 Å². The minimum Gasteiger partial charge on any atom is -0.317 e. The van der Waals surface area contributed by atoms with E-state index in [1.165, 1.54) is 58.0 Å². The summed E-state index contributed by atoms with van der Waals surface area (Å²) in [5.41, 5.74) is 1.25. The van der Waals surface area contributed by atoms with E-state index in [1.807, 2.05) is 0 Å². The average Bonchev–Trinajstić information content (AvgIpc) is 2.42. The Morgan fingerprint density at radius 2 is 1.62 bits per heavy atom. The van der Waals surface area contributed by atoms with Crippen LogP contribution in [0, 0.1) is 16.7 Å². The molecule has 1 aliphatic carbocycles. The maximum atomic E-state index is 3.52. The smallest absolute Gasteiger partial charge is 0.00436 e. The first-order valence-electron chi connectivity index (χ1n) is 7.23. The Bertz CT molecular complexity index is 220. The van der Waals surface area contributed by atoms with Crippen molar-refractivity contribution in [3.05, 3.63) is 0 Å². The number of piperidine rings is 1. The minimum absolute atomic E-state index is 0.526. The van der Waals surface area contributed by atoms with Crippen molar-refractivity contribution in [2.45, 2.75) is 65.7 Å². The summed E-state index contributed by atoms with van der Waals surface area (Å²) in [5, 5.41) is 3.52. The molecule has 1 saturated carbocycles. The van der Waals surface area contributed by atoms with Gasteiger partial charge in [-0.15, -0.1) is 0 Å². The zero-order valence-electron chi connectivity index (χ0n) is 11.4. The Morgan fingerprint density at radius 3 is 2.25 bits per heavy atom. The van der Waals surface area contributed by atoms with Gasteiger partial charge in [0.05, 0.1) is 0 Å². The van der Waals surface area contributed by atoms with Gasteiger partial charge in [0.2, 0.25) is 0 Å². The van der Waals surface area contributed by atoms with Crippen molar-refractivity contribution in [3.63, 3.8) is 0 Å². The van der Waals surface area contributed by atoms with Gasteiger partial charge in [-0.3, -0.25) is 0 Å². The predicted octanol–water partition coefficient (Wildman–Crippen LogP) is 3.98. The molecule has 0 amide bonds. The standard InChI is InChI=1S/C15H29N/c1-14(2,3)13-5-4-7-15(8-6-13)9-11-16-12-10-15/h13,16H,4-12H2,1-3H3. The molecule has 2 fully saturated rings. The SMILES string of the molecule is CC(C)(C)C1CCCC2(CCNCC2)CC1. The summed E-state index contributed by atoms with van der Waals surface area (Å²) >= 11 is 0. The van der Waals surface area contributed by atoms with Crippen LogP contribution in [0.3, 0.4) is 0 Å². The molecule has 1 atom stereocenters. The molecular weight excluding hydrogens is 194 g/mol. The number of rotatable bonds is 0. The molecule has 1 heterocycles. The average molecular weight is 223 g/mol. The molecular formula is C15H29N. The lowest BCUT2D eigenvalue weighted by Crippen LogP contribution is -2.36. The molecule has 1 spiro atoms. The molecule has 0 aromatic rings. The third-order valence-corrected chi connectivity index (χ3v) is 5.17. The van der Waals surface area contributed by atoms with Gasteiger partial charge < -0.3 is 5.32 Å². The van der Waals surface area contributed by atoms with Gasteiger partial charge in [-0.25, -0.2) is 0 Å². The van der Waals surface area contributed by atoms with Crippen molar-refractivity contribution in [2.75, 3.05) is 13.1 Å². The third kappa shape index (κ3) is 2.80. The Morgan fingerprint density at radius 1 is 0.938 bits per heavy atom. The highest BCUT2D eigenvalue weighted by molar-refractivity contribution is 4.89. The van der Waals surface area contributed by atoms with E-state index < -0.39 is 0 Å². The largest absolute Gasteiger partial charge is 0.317 e. The van der Waals surface area contributed by atoms with E-state index in [-0.39, 0.29) is 0 Å². The van der Waals surface area contributed by atoms with Crippen LogP contribution in [0.1, 0.15) is 65.7 Å². The maximum Gasteiger partial charge on any atom is -0.00436 e. The van der Waals surface area contributed by atoms with E-state index in [4.69, 9.17) is 0 Å². The van der Waals surface area contributed by atoms with Gasteiger partial charge in [0.15, 0.2) is 0 Å². The summed E-state index contributed by atoms with van der Waals surface area (Å²) in [6.07, 6.45) is 10.3. The van der Waals surface area contributed by atoms with Gasteiger partial charge in [0.25, 0.3) is 0 Å². The van der Waals surface area contributed by atoms with E-state index in [2.05, 4.69) is 26.1 Å². The lowest BCUT2D eigenvalue weighted by atomic mass is 9.71. The zero-order chi connectivity index (χ0) is 11.6. The second-order valence-electron chi connectivity index (χ2n) is 7.24. The molecule has 0 aromatic heterocycles. The molecule has 1 unspecified atom stereocenters. The summed E-state index contributed by atoms with van der Waals surface area (Å²) in [4.78, 5) is 0. The van der Waals surface area contributed by atoms with E-state index in [0.29, 0.717) is 5.41 Å². The monoisotopic (exact) mass is 223 g/mol. The molecule has 0 bridgehead atoms. The third-order valence-electron chi connectivity index (χ3n) is 5.17. The molecule has 0 radical (unpaired) electrons. The Hall–Kier alpha value is -0.0400. The van der Waals surface area contributed by atoms with Gasteiger partial charge in [0, 0.05) is 0 Å². The zero-order valence-corrected chi connectivity index (χ0v) is 11.4. The summed E-state index contributed by atoms with van der Waals surface area (Å²) in [6, 6.07) is 0. The Balaban J connectivity index is 1.97. The molecule has 1 aliphatic heterocycles. The van der Waals surface area contributed by atoms with Crippen molar-refractivity contribution >= 4 is 0 Å². The van der Waals surface area contributed by atoms with Crippen molar-refractivity contribution in [1.82, 2.24) is 5.32 Å². The van der Waals surface area contributed by atoms with Crippen LogP contribution in [0.5, 0.6) is 0 Å². The van der Waals surface area contributed by atoms with Gasteiger partial charge in [-0.2, -0.15) is 0 Å². The van der Waals surface area contributed by atoms with Crippen LogP contribution < -0.4 is 5.32 Å². The summed E-state index contributed by atoms with van der Waals surface area (Å²) < 4.78 is 0. The Labute approximate surface area is 101 Å². The first kappa shape index (κ1) is 12.4. The fourth-order valence-corrected chi connectivity index (χ4v) is 3.80. The van der Waals surface area contributed by atoms with E-state index in [9.17, 15) is 0 Å². The Kier molecular flexibility index (Phi) is 3.63. The molecule has 94 valence electrons. The van der Waals surface area contributed by atoms with Crippen LogP contribution in [0.15, 0.2) is 0 Å². The van der Waals surface area contributed by atoms with Crippen LogP contribution in [-0.2, 0) is 0 Å². The molecule has 1 heteroatoms. The van der Waals surface area contributed by atoms with Gasteiger partial charge >= 0.3 is 0 Å². The van der Waals surface area contributed by atoms with Gasteiger partial charge in [-0.1, -0.05) is 27.2 Å². The quantitative estimate of drug-likeness (QED) is 0.655. The molecule has 0 aromatic carbocycles. The lowest BCUT2D eigenvalue weighted by molar-refractivity contribution is 0.158. The van der Waals surface area contributed by atoms with Crippen LogP contribution in [0.25, 0.3) is 0 Å². The van der Waals surface area contributed by atoms with Crippen LogP contribution in [0.4, 0.5) is 0 Å². The van der Waals surface area contributed by atoms with E-state index >= 15 is 0 Å². The highest BCUT2D eigenvalue weighted by Crippen LogP contribution is 2.47. The summed E-state index contributed by atoms with van der Waals surface area (Å²) in [6.45, 7) is 9.81. The first-order valence-corrected chi connectivity index (χ1v) is 7.23. The molecule has 1 saturated heterocycles. The fourth-order valence-electron chi connectivity index (χ4n) is 3.80. The number of hydrogen-bond donors (Lipinski definition) is 1. The fraction of sp³-hybridized carbons (Fsp3) is 1.00. The maximum absolute atomic E-state index is 3.52. The van der Waals surface area contributed by atoms with Crippen molar-refractivity contribution in [1.29, 1.82) is 0 Å².